The highest BCUT2D eigenvalue weighted by Gasteiger charge is 2.35. The van der Waals surface area contributed by atoms with Crippen molar-refractivity contribution in [1.29, 1.82) is 0 Å². The normalized spacial score (nSPS) is 16.0. The van der Waals surface area contributed by atoms with Crippen LogP contribution in [0.5, 0.6) is 0 Å². The third kappa shape index (κ3) is 9.82. The number of hydrogen-bond donors (Lipinski definition) is 3. The summed E-state index contributed by atoms with van der Waals surface area (Å²) in [5.41, 5.74) is 5.55. The number of carbonyl (C=O) groups excluding carboxylic acids is 3. The Hall–Kier alpha value is -2.71. The Bertz CT molecular complexity index is 835. The number of nitrogens with one attached hydrogen (secondary N) is 2. The van der Waals surface area contributed by atoms with Gasteiger partial charge in [0, 0.05) is 6.54 Å². The SMILES string of the molecule is CC(C)C[C@@H](C(=O)NN(CC(C)C)C(=O)CN1CCCC1)[C@H](C/C=C/c1ccccc1)C(=O)NO. The number of hydrogen-bond acceptors (Lipinski definition) is 5. The van der Waals surface area contributed by atoms with Gasteiger partial charge >= 0.3 is 0 Å². The maximum atomic E-state index is 13.5. The van der Waals surface area contributed by atoms with Gasteiger partial charge in [-0.2, -0.15) is 0 Å². The van der Waals surface area contributed by atoms with E-state index in [4.69, 9.17) is 0 Å². The molecule has 3 N–H and O–H groups in total. The summed E-state index contributed by atoms with van der Waals surface area (Å²) in [5, 5.41) is 10.8. The first-order chi connectivity index (χ1) is 16.7. The Balaban J connectivity index is 2.20. The van der Waals surface area contributed by atoms with Gasteiger partial charge in [-0.25, -0.2) is 5.48 Å². The lowest BCUT2D eigenvalue weighted by Gasteiger charge is -2.31. The lowest BCUT2D eigenvalue weighted by atomic mass is 9.82. The van der Waals surface area contributed by atoms with Crippen molar-refractivity contribution in [2.24, 2.45) is 23.7 Å². The van der Waals surface area contributed by atoms with E-state index >= 15 is 0 Å². The fraction of sp³-hybridized carbons (Fsp3) is 0.593. The molecule has 1 saturated heterocycles. The molecule has 1 aliphatic heterocycles. The maximum absolute atomic E-state index is 13.5. The fourth-order valence-corrected chi connectivity index (χ4v) is 4.42. The van der Waals surface area contributed by atoms with Gasteiger partial charge in [-0.3, -0.25) is 34.9 Å². The van der Waals surface area contributed by atoms with Crippen molar-refractivity contribution in [3.8, 4) is 0 Å². The molecule has 0 radical (unpaired) electrons. The minimum atomic E-state index is -0.781. The largest absolute Gasteiger partial charge is 0.294 e. The molecular formula is C27H42N4O4. The molecule has 8 nitrogen and oxygen atoms in total. The standard InChI is InChI=1S/C27H42N4O4/c1-20(2)17-24(23(27(34)29-35)14-10-13-22-11-6-5-7-12-22)26(33)28-31(18-21(3)4)25(32)19-30-15-8-9-16-30/h5-7,10-13,20-21,23-24,35H,8-9,14-19H2,1-4H3,(H,28,33)(H,29,34)/b13-10+/t23-,24+/m0/s1. The highest BCUT2D eigenvalue weighted by molar-refractivity contribution is 5.89. The Morgan fingerprint density at radius 3 is 2.23 bits per heavy atom. The Morgan fingerprint density at radius 2 is 1.66 bits per heavy atom. The third-order valence-corrected chi connectivity index (χ3v) is 6.15. The monoisotopic (exact) mass is 486 g/mol. The van der Waals surface area contributed by atoms with Crippen LogP contribution >= 0.6 is 0 Å². The summed E-state index contributed by atoms with van der Waals surface area (Å²) in [6.45, 7) is 10.4. The predicted octanol–water partition coefficient (Wildman–Crippen LogP) is 3.49. The van der Waals surface area contributed by atoms with E-state index < -0.39 is 17.7 Å². The maximum Gasteiger partial charge on any atom is 0.255 e. The second kappa shape index (κ2) is 14.6. The van der Waals surface area contributed by atoms with E-state index in [1.165, 1.54) is 5.01 Å². The van der Waals surface area contributed by atoms with Crippen molar-refractivity contribution >= 4 is 23.8 Å². The van der Waals surface area contributed by atoms with Gasteiger partial charge in [0.2, 0.25) is 11.8 Å². The number of nitrogens with zero attached hydrogens (tertiary/aromatic N) is 2. The smallest absolute Gasteiger partial charge is 0.255 e. The molecular weight excluding hydrogens is 444 g/mol. The van der Waals surface area contributed by atoms with Crippen LogP contribution in [0, 0.1) is 23.7 Å². The van der Waals surface area contributed by atoms with Crippen LogP contribution in [0.3, 0.4) is 0 Å². The van der Waals surface area contributed by atoms with Crippen LogP contribution in [-0.2, 0) is 14.4 Å². The second-order valence-corrected chi connectivity index (χ2v) is 10.2. The summed E-state index contributed by atoms with van der Waals surface area (Å²) < 4.78 is 0. The second-order valence-electron chi connectivity index (χ2n) is 10.2. The first-order valence-corrected chi connectivity index (χ1v) is 12.7. The van der Waals surface area contributed by atoms with Crippen LogP contribution in [-0.4, -0.2) is 59.0 Å². The van der Waals surface area contributed by atoms with Crippen molar-refractivity contribution in [1.82, 2.24) is 20.8 Å². The molecule has 0 bridgehead atoms. The number of amides is 3. The molecule has 8 heteroatoms. The van der Waals surface area contributed by atoms with E-state index in [-0.39, 0.29) is 36.6 Å². The van der Waals surface area contributed by atoms with Crippen molar-refractivity contribution in [3.05, 3.63) is 42.0 Å². The van der Waals surface area contributed by atoms with Crippen LogP contribution < -0.4 is 10.9 Å². The molecule has 2 atom stereocenters. The zero-order valence-electron chi connectivity index (χ0n) is 21.6. The van der Waals surface area contributed by atoms with Crippen molar-refractivity contribution < 1.29 is 19.6 Å². The van der Waals surface area contributed by atoms with E-state index in [2.05, 4.69) is 10.3 Å². The van der Waals surface area contributed by atoms with E-state index in [1.807, 2.05) is 70.2 Å². The molecule has 0 aliphatic carbocycles. The summed E-state index contributed by atoms with van der Waals surface area (Å²) in [4.78, 5) is 41.3. The lowest BCUT2D eigenvalue weighted by Crippen LogP contribution is -2.54. The van der Waals surface area contributed by atoms with Crippen LogP contribution in [0.15, 0.2) is 36.4 Å². The summed E-state index contributed by atoms with van der Waals surface area (Å²) >= 11 is 0. The van der Waals surface area contributed by atoms with E-state index in [9.17, 15) is 19.6 Å². The first kappa shape index (κ1) is 28.5. The molecule has 0 saturated carbocycles. The van der Waals surface area contributed by atoms with Gasteiger partial charge in [0.25, 0.3) is 5.91 Å². The number of benzene rings is 1. The van der Waals surface area contributed by atoms with Crippen molar-refractivity contribution in [2.75, 3.05) is 26.2 Å². The summed E-state index contributed by atoms with van der Waals surface area (Å²) in [6, 6.07) is 9.68. The molecule has 1 fully saturated rings. The van der Waals surface area contributed by atoms with E-state index in [0.29, 0.717) is 13.0 Å². The molecule has 0 spiro atoms. The lowest BCUT2D eigenvalue weighted by molar-refractivity contribution is -0.148. The van der Waals surface area contributed by atoms with Gasteiger partial charge in [-0.1, -0.05) is 70.2 Å². The van der Waals surface area contributed by atoms with Crippen molar-refractivity contribution in [3.63, 3.8) is 0 Å². The number of allylic oxidation sites excluding steroid dienone is 1. The van der Waals surface area contributed by atoms with Crippen molar-refractivity contribution in [2.45, 2.75) is 53.4 Å². The average molecular weight is 487 g/mol. The van der Waals surface area contributed by atoms with Gasteiger partial charge in [0.1, 0.15) is 0 Å². The molecule has 1 aromatic rings. The first-order valence-electron chi connectivity index (χ1n) is 12.7. The zero-order chi connectivity index (χ0) is 25.8. The van der Waals surface area contributed by atoms with E-state index in [1.54, 1.807) is 5.48 Å². The molecule has 0 unspecified atom stereocenters. The zero-order valence-corrected chi connectivity index (χ0v) is 21.6. The van der Waals surface area contributed by atoms with Crippen LogP contribution in [0.2, 0.25) is 0 Å². The molecule has 1 heterocycles. The Kier molecular flexibility index (Phi) is 11.9. The molecule has 3 amide bonds. The number of rotatable bonds is 12. The third-order valence-electron chi connectivity index (χ3n) is 6.15. The summed E-state index contributed by atoms with van der Waals surface area (Å²) in [7, 11) is 0. The highest BCUT2D eigenvalue weighted by atomic mass is 16.5. The van der Waals surface area contributed by atoms with Crippen LogP contribution in [0.1, 0.15) is 58.9 Å². The minimum absolute atomic E-state index is 0.136. The van der Waals surface area contributed by atoms with Gasteiger partial charge in [0.05, 0.1) is 18.4 Å². The molecule has 1 aromatic carbocycles. The van der Waals surface area contributed by atoms with Crippen LogP contribution in [0.4, 0.5) is 0 Å². The molecule has 2 rings (SSSR count). The number of carbonyl (C=O) groups is 3. The van der Waals surface area contributed by atoms with Gasteiger partial charge in [-0.15, -0.1) is 0 Å². The molecule has 194 valence electrons. The van der Waals surface area contributed by atoms with Gasteiger partial charge in [-0.05, 0) is 56.2 Å². The number of hydroxylamine groups is 1. The Labute approximate surface area is 209 Å². The number of hydrazine groups is 1. The fourth-order valence-electron chi connectivity index (χ4n) is 4.42. The molecule has 35 heavy (non-hydrogen) atoms. The minimum Gasteiger partial charge on any atom is -0.294 e. The van der Waals surface area contributed by atoms with Gasteiger partial charge in [0.15, 0.2) is 0 Å². The average Bonchev–Trinajstić information content (AvgIpc) is 3.33. The summed E-state index contributed by atoms with van der Waals surface area (Å²) in [5.74, 6) is -2.33. The molecule has 0 aromatic heterocycles. The number of likely N-dealkylation sites (tertiary alicyclic amines) is 1. The quantitative estimate of drug-likeness (QED) is 0.310. The van der Waals surface area contributed by atoms with E-state index in [0.717, 1.165) is 31.5 Å². The highest BCUT2D eigenvalue weighted by Crippen LogP contribution is 2.26. The topological polar surface area (TPSA) is 102 Å². The van der Waals surface area contributed by atoms with Gasteiger partial charge < -0.3 is 0 Å². The summed E-state index contributed by atoms with van der Waals surface area (Å²) in [6.07, 6.45) is 6.62. The molecule has 1 aliphatic rings. The Morgan fingerprint density at radius 1 is 1.00 bits per heavy atom. The van der Waals surface area contributed by atoms with Crippen LogP contribution in [0.25, 0.3) is 6.08 Å². The predicted molar refractivity (Wildman–Crippen MR) is 137 cm³/mol.